The lowest BCUT2D eigenvalue weighted by atomic mass is 9.92. The van der Waals surface area contributed by atoms with Crippen LogP contribution in [-0.4, -0.2) is 116 Å². The molecule has 4 aliphatic heterocycles. The first-order valence-electron chi connectivity index (χ1n) is 37.1. The fraction of sp³-hybridized carbons (Fsp3) is 0.292. The van der Waals surface area contributed by atoms with Crippen LogP contribution in [0.4, 0.5) is 17.6 Å². The normalized spacial score (nSPS) is 15.8. The summed E-state index contributed by atoms with van der Waals surface area (Å²) < 4.78 is 83.6. The summed E-state index contributed by atoms with van der Waals surface area (Å²) in [4.78, 5) is 23.0. The van der Waals surface area contributed by atoms with E-state index >= 15 is 0 Å². The number of sulfonamides is 1. The van der Waals surface area contributed by atoms with E-state index in [9.17, 15) is 26.0 Å². The molecule has 109 heavy (non-hydrogen) atoms. The Morgan fingerprint density at radius 2 is 1.14 bits per heavy atom. The van der Waals surface area contributed by atoms with Crippen molar-refractivity contribution >= 4 is 88.6 Å². The quantitative estimate of drug-likeness (QED) is 0.111. The van der Waals surface area contributed by atoms with Crippen LogP contribution >= 0.6 is 11.3 Å². The number of likely N-dealkylation sites (N-methyl/N-ethyl adjacent to an activating group) is 4. The van der Waals surface area contributed by atoms with Crippen molar-refractivity contribution in [1.82, 2.24) is 52.8 Å². The number of pyridine rings is 3. The Labute approximate surface area is 640 Å². The molecule has 0 spiro atoms. The summed E-state index contributed by atoms with van der Waals surface area (Å²) in [6, 6.07) is 53.3. The van der Waals surface area contributed by atoms with E-state index < -0.39 is 21.9 Å². The molecule has 0 saturated heterocycles. The third kappa shape index (κ3) is 16.3. The number of halogens is 4. The Bertz CT molecular complexity index is 5820. The van der Waals surface area contributed by atoms with Crippen molar-refractivity contribution in [3.8, 4) is 12.0 Å². The average molecular weight is 1500 g/mol. The van der Waals surface area contributed by atoms with Crippen LogP contribution in [0.15, 0.2) is 174 Å². The Balaban J connectivity index is 0.000000122. The predicted molar refractivity (Wildman–Crippen MR) is 435 cm³/mol. The Morgan fingerprint density at radius 1 is 0.569 bits per heavy atom. The van der Waals surface area contributed by atoms with Gasteiger partial charge in [-0.2, -0.15) is 13.2 Å². The SMILES string of the molecule is C/C(=C\n1c2c(c3cc(C)ccc31)CN(C)CC2)c1ccc(C(F)(F)F)nc1.C/C(=C\n1c2c(c3cc(C)cnc31)CN(C)CC2)c1ccc(F)cc1.Cc1ccc2c(c1)c1c(n2C#Cc2ccc(S(N)(=O)=O)s2)CCN(C)C1.Cc1ccc2c(c1)c1c(n2CCc2ccc(C)nc2)C(c2ccccc2)N(C)CC1. The van der Waals surface area contributed by atoms with Gasteiger partial charge in [-0.15, -0.1) is 11.3 Å². The number of aryl methyl sites for hydroxylation is 7. The second-order valence-electron chi connectivity index (χ2n) is 29.8. The molecule has 8 aromatic heterocycles. The zero-order valence-corrected chi connectivity index (χ0v) is 65.4. The molecule has 0 saturated carbocycles. The van der Waals surface area contributed by atoms with Gasteiger partial charge in [0.2, 0.25) is 10.0 Å². The third-order valence-corrected chi connectivity index (χ3v) is 23.9. The Hall–Kier alpha value is -10.1. The van der Waals surface area contributed by atoms with Gasteiger partial charge in [-0.1, -0.05) is 89.5 Å². The van der Waals surface area contributed by atoms with Crippen molar-refractivity contribution in [2.24, 2.45) is 5.14 Å². The molecule has 20 heteroatoms. The lowest BCUT2D eigenvalue weighted by molar-refractivity contribution is -0.141. The number of rotatable bonds is 9. The van der Waals surface area contributed by atoms with Crippen molar-refractivity contribution < 1.29 is 26.0 Å². The highest BCUT2D eigenvalue weighted by molar-refractivity contribution is 7.91. The highest BCUT2D eigenvalue weighted by Gasteiger charge is 2.34. The molecule has 0 radical (unpaired) electrons. The number of fused-ring (bicyclic) bond motifs is 12. The molecular formula is C89H92F4N12O2S2. The second kappa shape index (κ2) is 31.5. The predicted octanol–water partition coefficient (Wildman–Crippen LogP) is 17.8. The summed E-state index contributed by atoms with van der Waals surface area (Å²) in [7, 11) is 5.00. The number of allylic oxidation sites excluding steroid dienone is 2. The average Bonchev–Trinajstić information content (AvgIpc) is 1.59. The molecule has 1 unspecified atom stereocenters. The van der Waals surface area contributed by atoms with Gasteiger partial charge in [0.1, 0.15) is 21.4 Å². The Morgan fingerprint density at radius 3 is 1.75 bits per heavy atom. The zero-order valence-electron chi connectivity index (χ0n) is 63.7. The summed E-state index contributed by atoms with van der Waals surface area (Å²) in [5.74, 6) is 2.90. The van der Waals surface area contributed by atoms with Crippen LogP contribution in [0.5, 0.6) is 0 Å². The van der Waals surface area contributed by atoms with E-state index in [0.29, 0.717) is 16.5 Å². The number of hydrogen-bond donors (Lipinski definition) is 1. The molecule has 2 N–H and O–H groups in total. The minimum Gasteiger partial charge on any atom is -0.342 e. The molecule has 4 aliphatic rings. The molecule has 13 aromatic rings. The number of aromatic nitrogens is 7. The lowest BCUT2D eigenvalue weighted by Gasteiger charge is -2.35. The molecule has 12 heterocycles. The standard InChI is InChI=1S/C27H29N3.C22H22F3N3.C21H22FN3.C19H19N3O2S2/c1-19-9-12-25-24(17-19)23-14-15-29(3)26(22-7-5-4-6-8-22)27(23)30(25)16-13-21-11-10-20(2)28-18-21;1-14-4-6-19-17(10-14)18-13-27(3)9-8-20(18)28(19)12-15(2)16-5-7-21(26-11-16)22(23,24)25;1-14-10-18-19-13-24(3)9-8-20(19)25(21(18)23-11-14)12-15(2)16-4-6-17(22)7-5-16;1-13-3-5-17-15(11-13)16-12-21(2)9-8-18(16)22(17)10-7-14-4-6-19(25-14)26(20,23)24/h4-12,17-18,26H,13-16H2,1-3H3;4-7,10-12H,8-9,13H2,1-3H3;4-7,10-12H,8-9,13H2,1-3H3;3-6,11H,8-9,12H2,1-2H3,(H2,20,23,24)/b;2*15-12+;. The zero-order chi connectivity index (χ0) is 76.7. The first kappa shape index (κ1) is 75.7. The van der Waals surface area contributed by atoms with Gasteiger partial charge in [0.05, 0.1) is 22.0 Å². The van der Waals surface area contributed by atoms with E-state index in [1.807, 2.05) is 44.6 Å². The molecule has 0 amide bonds. The van der Waals surface area contributed by atoms with Crippen molar-refractivity contribution in [2.45, 2.75) is 123 Å². The van der Waals surface area contributed by atoms with Gasteiger partial charge in [0.25, 0.3) is 0 Å². The fourth-order valence-electron chi connectivity index (χ4n) is 15.8. The number of nitrogens with two attached hydrogens (primary N) is 1. The van der Waals surface area contributed by atoms with Crippen LogP contribution in [0, 0.1) is 52.4 Å². The maximum absolute atomic E-state index is 13.2. The number of nitrogens with zero attached hydrogens (tertiary/aromatic N) is 11. The van der Waals surface area contributed by atoms with Crippen LogP contribution in [0.25, 0.3) is 67.3 Å². The van der Waals surface area contributed by atoms with Crippen molar-refractivity contribution in [2.75, 3.05) is 54.4 Å². The maximum atomic E-state index is 13.2. The van der Waals surface area contributed by atoms with Gasteiger partial charge in [-0.05, 0) is 235 Å². The van der Waals surface area contributed by atoms with Crippen molar-refractivity contribution in [3.05, 3.63) is 282 Å². The van der Waals surface area contributed by atoms with Gasteiger partial charge in [0.15, 0.2) is 0 Å². The van der Waals surface area contributed by atoms with E-state index in [1.54, 1.807) is 6.07 Å². The number of benzene rings is 5. The molecule has 1 atom stereocenters. The number of primary sulfonamides is 1. The highest BCUT2D eigenvalue weighted by Crippen LogP contribution is 2.42. The van der Waals surface area contributed by atoms with Crippen LogP contribution in [0.1, 0.15) is 126 Å². The monoisotopic (exact) mass is 1500 g/mol. The molecular weight excluding hydrogens is 1410 g/mol. The van der Waals surface area contributed by atoms with E-state index in [1.165, 1.54) is 136 Å². The lowest BCUT2D eigenvalue weighted by Crippen LogP contribution is -2.34. The van der Waals surface area contributed by atoms with Crippen molar-refractivity contribution in [3.63, 3.8) is 0 Å². The minimum atomic E-state index is -4.42. The summed E-state index contributed by atoms with van der Waals surface area (Å²) in [6.07, 6.45) is 9.98. The van der Waals surface area contributed by atoms with Gasteiger partial charge < -0.3 is 28.4 Å². The molecule has 560 valence electrons. The van der Waals surface area contributed by atoms with Crippen LogP contribution < -0.4 is 5.14 Å². The number of alkyl halides is 3. The second-order valence-corrected chi connectivity index (χ2v) is 32.7. The smallest absolute Gasteiger partial charge is 0.342 e. The first-order valence-corrected chi connectivity index (χ1v) is 39.5. The fourth-order valence-corrected chi connectivity index (χ4v) is 17.4. The molecule has 17 rings (SSSR count). The minimum absolute atomic E-state index is 0.137. The molecule has 0 fully saturated rings. The van der Waals surface area contributed by atoms with Crippen LogP contribution in [0.2, 0.25) is 0 Å². The van der Waals surface area contributed by atoms with Gasteiger partial charge in [0, 0.05) is 164 Å². The molecule has 0 aliphatic carbocycles. The number of thiophene rings is 1. The van der Waals surface area contributed by atoms with E-state index in [2.05, 4.69) is 232 Å². The van der Waals surface area contributed by atoms with Gasteiger partial charge in [-0.3, -0.25) is 19.4 Å². The van der Waals surface area contributed by atoms with Gasteiger partial charge in [-0.25, -0.2) is 22.9 Å². The highest BCUT2D eigenvalue weighted by atomic mass is 32.2. The van der Waals surface area contributed by atoms with E-state index in [0.717, 1.165) is 141 Å². The van der Waals surface area contributed by atoms with E-state index in [4.69, 9.17) is 10.1 Å². The molecule has 5 aromatic carbocycles. The maximum Gasteiger partial charge on any atom is 0.433 e. The Kier molecular flexibility index (Phi) is 21.9. The summed E-state index contributed by atoms with van der Waals surface area (Å²) >= 11 is 1.10. The summed E-state index contributed by atoms with van der Waals surface area (Å²) in [5.41, 5.74) is 27.0. The molecule has 14 nitrogen and oxygen atoms in total. The molecule has 0 bridgehead atoms. The van der Waals surface area contributed by atoms with Gasteiger partial charge >= 0.3 is 6.18 Å². The van der Waals surface area contributed by atoms with E-state index in [-0.39, 0.29) is 10.0 Å². The topological polar surface area (TPSA) is 132 Å². The number of hydrogen-bond acceptors (Lipinski definition) is 10. The third-order valence-electron chi connectivity index (χ3n) is 21.5. The first-order chi connectivity index (χ1) is 52.2. The van der Waals surface area contributed by atoms with Crippen LogP contribution in [-0.2, 0) is 74.5 Å². The summed E-state index contributed by atoms with van der Waals surface area (Å²) in [5, 5.41) is 10.3. The van der Waals surface area contributed by atoms with Crippen molar-refractivity contribution in [1.29, 1.82) is 0 Å². The van der Waals surface area contributed by atoms with Crippen LogP contribution in [0.3, 0.4) is 0 Å². The largest absolute Gasteiger partial charge is 0.433 e. The summed E-state index contributed by atoms with van der Waals surface area (Å²) in [6.45, 7) is 22.3.